The van der Waals surface area contributed by atoms with Crippen molar-refractivity contribution >= 4 is 28.9 Å². The minimum Gasteiger partial charge on any atom is -0.382 e. The van der Waals surface area contributed by atoms with Crippen molar-refractivity contribution in [3.8, 4) is 0 Å². The van der Waals surface area contributed by atoms with E-state index in [0.717, 1.165) is 12.1 Å². The number of benzene rings is 3. The molecule has 200 valence electrons. The zero-order chi connectivity index (χ0) is 27.4. The SMILES string of the molecule is O=C(Nc1cc(NC2CC(F)C2)cc2c1C(c1cc(F)ccc1Cl)NC2O)c1cc(F)cc(C(F)(F)F)c1. The first-order chi connectivity index (χ1) is 17.9. The first kappa shape index (κ1) is 26.3. The van der Waals surface area contributed by atoms with E-state index in [9.17, 15) is 36.2 Å². The third kappa shape index (κ3) is 5.18. The Hall–Kier alpha value is -3.28. The van der Waals surface area contributed by atoms with Crippen molar-refractivity contribution in [2.45, 2.75) is 43.5 Å². The van der Waals surface area contributed by atoms with Gasteiger partial charge in [-0.25, -0.2) is 13.2 Å². The summed E-state index contributed by atoms with van der Waals surface area (Å²) in [7, 11) is 0. The fraction of sp³-hybridized carbons (Fsp3) is 0.269. The highest BCUT2D eigenvalue weighted by Gasteiger charge is 2.36. The molecule has 5 rings (SSSR count). The van der Waals surface area contributed by atoms with Gasteiger partial charge in [-0.2, -0.15) is 13.2 Å². The number of alkyl halides is 4. The summed E-state index contributed by atoms with van der Waals surface area (Å²) >= 11 is 6.29. The quantitative estimate of drug-likeness (QED) is 0.272. The molecule has 1 heterocycles. The van der Waals surface area contributed by atoms with E-state index in [1.54, 1.807) is 6.07 Å². The van der Waals surface area contributed by atoms with E-state index < -0.39 is 53.3 Å². The molecular formula is C26H20ClF6N3O2. The molecule has 0 bridgehead atoms. The number of anilines is 2. The van der Waals surface area contributed by atoms with Gasteiger partial charge in [-0.05, 0) is 66.9 Å². The van der Waals surface area contributed by atoms with Crippen LogP contribution in [-0.4, -0.2) is 23.2 Å². The topological polar surface area (TPSA) is 73.4 Å². The Morgan fingerprint density at radius 1 is 1.00 bits per heavy atom. The van der Waals surface area contributed by atoms with Crippen molar-refractivity contribution in [2.24, 2.45) is 0 Å². The van der Waals surface area contributed by atoms with Crippen LogP contribution in [0, 0.1) is 11.6 Å². The van der Waals surface area contributed by atoms with E-state index in [0.29, 0.717) is 17.8 Å². The lowest BCUT2D eigenvalue weighted by molar-refractivity contribution is -0.137. The molecule has 0 spiro atoms. The second-order valence-electron chi connectivity index (χ2n) is 9.29. The number of nitrogens with one attached hydrogen (secondary N) is 3. The maximum absolute atomic E-state index is 14.1. The predicted molar refractivity (Wildman–Crippen MR) is 129 cm³/mol. The smallest absolute Gasteiger partial charge is 0.382 e. The van der Waals surface area contributed by atoms with Crippen LogP contribution in [0.25, 0.3) is 0 Å². The van der Waals surface area contributed by atoms with Crippen LogP contribution in [-0.2, 0) is 6.18 Å². The minimum atomic E-state index is -4.88. The molecule has 3 aromatic carbocycles. The zero-order valence-electron chi connectivity index (χ0n) is 19.3. The molecule has 3 aromatic rings. The molecule has 1 aliphatic carbocycles. The maximum atomic E-state index is 14.1. The van der Waals surface area contributed by atoms with E-state index >= 15 is 0 Å². The summed E-state index contributed by atoms with van der Waals surface area (Å²) in [4.78, 5) is 13.1. The molecule has 5 nitrogen and oxygen atoms in total. The van der Waals surface area contributed by atoms with Gasteiger partial charge in [-0.3, -0.25) is 10.1 Å². The Morgan fingerprint density at radius 3 is 2.42 bits per heavy atom. The molecule has 1 fully saturated rings. The van der Waals surface area contributed by atoms with Gasteiger partial charge in [0.25, 0.3) is 5.91 Å². The number of hydrogen-bond acceptors (Lipinski definition) is 4. The Morgan fingerprint density at radius 2 is 1.74 bits per heavy atom. The van der Waals surface area contributed by atoms with Crippen molar-refractivity contribution in [2.75, 3.05) is 10.6 Å². The monoisotopic (exact) mass is 555 g/mol. The van der Waals surface area contributed by atoms with Gasteiger partial charge in [0, 0.05) is 39.1 Å². The van der Waals surface area contributed by atoms with Crippen molar-refractivity contribution in [1.29, 1.82) is 0 Å². The van der Waals surface area contributed by atoms with Crippen LogP contribution in [0.5, 0.6) is 0 Å². The van der Waals surface area contributed by atoms with E-state index in [-0.39, 0.29) is 52.4 Å². The molecule has 0 saturated heterocycles. The lowest BCUT2D eigenvalue weighted by Gasteiger charge is -2.31. The fourth-order valence-electron chi connectivity index (χ4n) is 4.70. The predicted octanol–water partition coefficient (Wildman–Crippen LogP) is 6.49. The Bertz CT molecular complexity index is 1410. The maximum Gasteiger partial charge on any atom is 0.416 e. The number of rotatable bonds is 5. The summed E-state index contributed by atoms with van der Waals surface area (Å²) in [6.45, 7) is 0. The van der Waals surface area contributed by atoms with Gasteiger partial charge in [0.05, 0.1) is 11.6 Å². The number of carbonyl (C=O) groups is 1. The molecule has 2 atom stereocenters. The third-order valence-corrected chi connectivity index (χ3v) is 6.92. The normalized spacial score (nSPS) is 22.5. The van der Waals surface area contributed by atoms with Crippen LogP contribution in [0.2, 0.25) is 5.02 Å². The second-order valence-corrected chi connectivity index (χ2v) is 9.69. The molecule has 2 aliphatic rings. The Labute approximate surface area is 217 Å². The first-order valence-electron chi connectivity index (χ1n) is 11.6. The van der Waals surface area contributed by atoms with Crippen LogP contribution >= 0.6 is 11.6 Å². The lowest BCUT2D eigenvalue weighted by atomic mass is 9.90. The van der Waals surface area contributed by atoms with Gasteiger partial charge in [0.2, 0.25) is 0 Å². The Kier molecular flexibility index (Phi) is 6.79. The highest BCUT2D eigenvalue weighted by Crippen LogP contribution is 2.45. The van der Waals surface area contributed by atoms with Gasteiger partial charge in [0.1, 0.15) is 24.0 Å². The third-order valence-electron chi connectivity index (χ3n) is 6.58. The Balaban J connectivity index is 1.57. The molecule has 4 N–H and O–H groups in total. The van der Waals surface area contributed by atoms with Gasteiger partial charge in [-0.1, -0.05) is 11.6 Å². The summed E-state index contributed by atoms with van der Waals surface area (Å²) in [6.07, 6.45) is -6.61. The highest BCUT2D eigenvalue weighted by atomic mass is 35.5. The number of amides is 1. The number of fused-ring (bicyclic) bond motifs is 1. The molecule has 0 radical (unpaired) electrons. The molecule has 1 saturated carbocycles. The highest BCUT2D eigenvalue weighted by molar-refractivity contribution is 6.31. The van der Waals surface area contributed by atoms with Crippen molar-refractivity contribution in [3.05, 3.63) is 93.0 Å². The van der Waals surface area contributed by atoms with E-state index in [4.69, 9.17) is 11.6 Å². The number of carbonyl (C=O) groups excluding carboxylic acids is 1. The molecule has 12 heteroatoms. The molecular weight excluding hydrogens is 536 g/mol. The summed E-state index contributed by atoms with van der Waals surface area (Å²) in [6, 6.07) is 7.00. The summed E-state index contributed by atoms with van der Waals surface area (Å²) in [5, 5.41) is 19.4. The van der Waals surface area contributed by atoms with Gasteiger partial charge >= 0.3 is 6.18 Å². The van der Waals surface area contributed by atoms with Crippen molar-refractivity contribution in [1.82, 2.24) is 5.32 Å². The summed E-state index contributed by atoms with van der Waals surface area (Å²) < 4.78 is 81.0. The summed E-state index contributed by atoms with van der Waals surface area (Å²) in [5.41, 5.74) is -0.664. The molecule has 38 heavy (non-hydrogen) atoms. The van der Waals surface area contributed by atoms with E-state index in [1.807, 2.05) is 0 Å². The lowest BCUT2D eigenvalue weighted by Crippen LogP contribution is -2.36. The zero-order valence-corrected chi connectivity index (χ0v) is 20.1. The van der Waals surface area contributed by atoms with Crippen molar-refractivity contribution < 1.29 is 36.2 Å². The van der Waals surface area contributed by atoms with Crippen LogP contribution in [0.1, 0.15) is 57.7 Å². The largest absolute Gasteiger partial charge is 0.416 e. The van der Waals surface area contributed by atoms with Gasteiger partial charge in [0.15, 0.2) is 0 Å². The number of hydrogen-bond donors (Lipinski definition) is 4. The van der Waals surface area contributed by atoms with Crippen LogP contribution in [0.3, 0.4) is 0 Å². The number of aliphatic hydroxyl groups excluding tert-OH is 1. The minimum absolute atomic E-state index is 0.0540. The van der Waals surface area contributed by atoms with E-state index in [2.05, 4.69) is 16.0 Å². The van der Waals surface area contributed by atoms with Gasteiger partial charge < -0.3 is 15.7 Å². The molecule has 1 amide bonds. The molecule has 2 unspecified atom stereocenters. The molecule has 0 aromatic heterocycles. The van der Waals surface area contributed by atoms with Gasteiger partial charge in [-0.15, -0.1) is 0 Å². The standard InChI is InChI=1S/C26H20ClF6N3O2/c27-20-2-1-13(28)8-18(20)23-22-19(25(38)36-23)9-17(34-16-6-15(30)7-16)10-21(22)35-24(37)11-3-12(26(31,32)33)5-14(29)4-11/h1-5,8-10,15-16,23,25,34,36,38H,6-7H2,(H,35,37). The first-order valence-corrected chi connectivity index (χ1v) is 11.9. The average Bonchev–Trinajstić information content (AvgIpc) is 3.15. The number of halogens is 7. The second kappa shape index (κ2) is 9.79. The fourth-order valence-corrected chi connectivity index (χ4v) is 4.93. The van der Waals surface area contributed by atoms with E-state index in [1.165, 1.54) is 12.1 Å². The van der Waals surface area contributed by atoms with Crippen LogP contribution in [0.4, 0.5) is 37.7 Å². The summed E-state index contributed by atoms with van der Waals surface area (Å²) in [5.74, 6) is -2.91. The average molecular weight is 556 g/mol. The number of aliphatic hydroxyl groups is 1. The van der Waals surface area contributed by atoms with Crippen LogP contribution in [0.15, 0.2) is 48.5 Å². The van der Waals surface area contributed by atoms with Crippen LogP contribution < -0.4 is 16.0 Å². The molecule has 1 aliphatic heterocycles. The van der Waals surface area contributed by atoms with Crippen molar-refractivity contribution in [3.63, 3.8) is 0 Å².